The molecule has 0 aliphatic heterocycles. The van der Waals surface area contributed by atoms with Gasteiger partial charge < -0.3 is 11.5 Å². The van der Waals surface area contributed by atoms with Crippen LogP contribution in [0.15, 0.2) is 0 Å². The molecular formula is C5H20N2. The van der Waals surface area contributed by atoms with E-state index >= 15 is 0 Å². The van der Waals surface area contributed by atoms with Gasteiger partial charge in [-0.1, -0.05) is 13.8 Å². The fraction of sp³-hybridized carbons (Fsp3) is 1.00. The summed E-state index contributed by atoms with van der Waals surface area (Å²) in [6, 6.07) is 0. The number of nitrogens with two attached hydrogens (primary N) is 2. The van der Waals surface area contributed by atoms with Crippen LogP contribution in [0.3, 0.4) is 0 Å². The van der Waals surface area contributed by atoms with Crippen molar-refractivity contribution in [3.8, 4) is 0 Å². The van der Waals surface area contributed by atoms with Gasteiger partial charge in [-0.15, -0.1) is 0 Å². The fourth-order valence-electron chi connectivity index (χ4n) is 0.118. The molecule has 0 aliphatic carbocycles. The molecule has 0 bridgehead atoms. The molecule has 0 aromatic rings. The van der Waals surface area contributed by atoms with Crippen LogP contribution in [0.2, 0.25) is 0 Å². The Kier molecular flexibility index (Phi) is 24.1. The molecule has 0 radical (unpaired) electrons. The van der Waals surface area contributed by atoms with Gasteiger partial charge in [0, 0.05) is 2.85 Å². The van der Waals surface area contributed by atoms with Gasteiger partial charge >= 0.3 is 0 Å². The molecule has 0 rings (SSSR count). The summed E-state index contributed by atoms with van der Waals surface area (Å²) in [6.07, 6.45) is 0.944. The summed E-state index contributed by atoms with van der Waals surface area (Å²) in [5.74, 6) is 0. The van der Waals surface area contributed by atoms with Crippen LogP contribution >= 0.6 is 0 Å². The molecule has 0 unspecified atom stereocenters. The fourth-order valence-corrected chi connectivity index (χ4v) is 0.118. The maximum atomic E-state index is 5.06. The predicted octanol–water partition coefficient (Wildman–Crippen LogP) is 0.812. The van der Waals surface area contributed by atoms with Crippen molar-refractivity contribution in [3.63, 3.8) is 0 Å². The molecule has 50 valence electrons. The van der Waals surface area contributed by atoms with E-state index in [1.807, 2.05) is 13.8 Å². The van der Waals surface area contributed by atoms with Gasteiger partial charge in [-0.05, 0) is 19.5 Å². The van der Waals surface area contributed by atoms with E-state index in [9.17, 15) is 0 Å². The summed E-state index contributed by atoms with van der Waals surface area (Å²) in [6.45, 7) is 5.44. The van der Waals surface area contributed by atoms with Gasteiger partial charge in [0.1, 0.15) is 0 Å². The Labute approximate surface area is 48.9 Å². The zero-order chi connectivity index (χ0) is 6.12. The van der Waals surface area contributed by atoms with Gasteiger partial charge in [0.25, 0.3) is 0 Å². The summed E-state index contributed by atoms with van der Waals surface area (Å²) in [5, 5.41) is 0. The second-order valence-corrected chi connectivity index (χ2v) is 0.931. The lowest BCUT2D eigenvalue weighted by atomic mass is 10.4. The maximum absolute atomic E-state index is 5.06. The molecule has 0 saturated heterocycles. The van der Waals surface area contributed by atoms with Crippen molar-refractivity contribution in [3.05, 3.63) is 0 Å². The van der Waals surface area contributed by atoms with Gasteiger partial charge in [-0.3, -0.25) is 0 Å². The molecule has 0 aromatic carbocycles. The molecule has 0 atom stereocenters. The predicted molar refractivity (Wildman–Crippen MR) is 38.3 cm³/mol. The quantitative estimate of drug-likeness (QED) is 0.550. The molecule has 0 aliphatic rings. The Balaban J connectivity index is -0.0000000286. The van der Waals surface area contributed by atoms with Gasteiger partial charge in [-0.2, -0.15) is 0 Å². The molecule has 0 heterocycles. The van der Waals surface area contributed by atoms with Crippen molar-refractivity contribution in [1.82, 2.24) is 0 Å². The van der Waals surface area contributed by atoms with Crippen molar-refractivity contribution in [2.45, 2.75) is 20.3 Å². The van der Waals surface area contributed by atoms with Crippen molar-refractivity contribution >= 4 is 0 Å². The second kappa shape index (κ2) is 16.8. The van der Waals surface area contributed by atoms with Gasteiger partial charge in [0.15, 0.2) is 0 Å². The highest BCUT2D eigenvalue weighted by Crippen LogP contribution is 1.58. The number of rotatable bonds is 2. The first-order valence-electron chi connectivity index (χ1n) is 2.82. The minimum Gasteiger partial charge on any atom is -0.330 e. The SMILES string of the molecule is CC.NCCCN.[HH].[HH]. The first-order chi connectivity index (χ1) is 3.41. The second-order valence-electron chi connectivity index (χ2n) is 0.931. The van der Waals surface area contributed by atoms with Crippen molar-refractivity contribution in [1.29, 1.82) is 0 Å². The van der Waals surface area contributed by atoms with Crippen molar-refractivity contribution in [2.24, 2.45) is 11.5 Å². The summed E-state index contributed by atoms with van der Waals surface area (Å²) < 4.78 is 0. The highest BCUT2D eigenvalue weighted by atomic mass is 14.6. The average molecular weight is 108 g/mol. The maximum Gasteiger partial charge on any atom is 0 e. The summed E-state index contributed by atoms with van der Waals surface area (Å²) in [4.78, 5) is 0. The zero-order valence-corrected chi connectivity index (χ0v) is 5.28. The van der Waals surface area contributed by atoms with Crippen LogP contribution in [0.1, 0.15) is 23.1 Å². The van der Waals surface area contributed by atoms with E-state index in [1.165, 1.54) is 0 Å². The highest BCUT2D eigenvalue weighted by Gasteiger charge is 1.67. The highest BCUT2D eigenvalue weighted by molar-refractivity contribution is 4.33. The van der Waals surface area contributed by atoms with Crippen LogP contribution in [-0.2, 0) is 0 Å². The number of hydrogen-bond acceptors (Lipinski definition) is 2. The van der Waals surface area contributed by atoms with E-state index in [0.717, 1.165) is 19.5 Å². The molecule has 7 heavy (non-hydrogen) atoms. The van der Waals surface area contributed by atoms with E-state index in [4.69, 9.17) is 11.5 Å². The molecule has 2 heteroatoms. The summed E-state index contributed by atoms with van der Waals surface area (Å²) in [7, 11) is 0. The van der Waals surface area contributed by atoms with Gasteiger partial charge in [-0.25, -0.2) is 0 Å². The Morgan fingerprint density at radius 1 is 1.14 bits per heavy atom. The molecule has 0 amide bonds. The van der Waals surface area contributed by atoms with E-state index in [2.05, 4.69) is 0 Å². The summed E-state index contributed by atoms with van der Waals surface area (Å²) >= 11 is 0. The molecule has 0 fully saturated rings. The smallest absolute Gasteiger partial charge is 0 e. The van der Waals surface area contributed by atoms with Gasteiger partial charge in [0.2, 0.25) is 0 Å². The standard InChI is InChI=1S/C3H10N2.C2H6.2H2/c4-2-1-3-5;1-2;;/h1-5H2;1-2H3;2*1H. The third kappa shape index (κ3) is 24.7. The molecule has 0 aromatic heterocycles. The van der Waals surface area contributed by atoms with E-state index in [0.29, 0.717) is 0 Å². The average Bonchev–Trinajstić information content (AvgIpc) is 1.75. The Morgan fingerprint density at radius 3 is 1.43 bits per heavy atom. The van der Waals surface area contributed by atoms with E-state index in [-0.39, 0.29) is 2.85 Å². The first kappa shape index (κ1) is 10.0. The minimum atomic E-state index is 0. The Bertz CT molecular complexity index is 20.4. The lowest BCUT2D eigenvalue weighted by molar-refractivity contribution is 0.844. The van der Waals surface area contributed by atoms with E-state index in [1.54, 1.807) is 0 Å². The largest absolute Gasteiger partial charge is 0.330 e. The van der Waals surface area contributed by atoms with Crippen LogP contribution in [0, 0.1) is 0 Å². The molecular weight excluding hydrogens is 88.1 g/mol. The Hall–Kier alpha value is -0.0800. The minimum absolute atomic E-state index is 0. The summed E-state index contributed by atoms with van der Waals surface area (Å²) in [5.41, 5.74) is 10.1. The molecule has 0 saturated carbocycles. The number of hydrogen-bond donors (Lipinski definition) is 2. The molecule has 2 nitrogen and oxygen atoms in total. The lowest BCUT2D eigenvalue weighted by Gasteiger charge is -1.81. The van der Waals surface area contributed by atoms with Crippen LogP contribution < -0.4 is 11.5 Å². The third-order valence-corrected chi connectivity index (χ3v) is 0.408. The van der Waals surface area contributed by atoms with Crippen molar-refractivity contribution < 1.29 is 2.85 Å². The van der Waals surface area contributed by atoms with Gasteiger partial charge in [0.05, 0.1) is 0 Å². The monoisotopic (exact) mass is 108 g/mol. The van der Waals surface area contributed by atoms with Crippen molar-refractivity contribution in [2.75, 3.05) is 13.1 Å². The topological polar surface area (TPSA) is 52.0 Å². The van der Waals surface area contributed by atoms with E-state index < -0.39 is 0 Å². The zero-order valence-electron chi connectivity index (χ0n) is 5.28. The molecule has 0 spiro atoms. The third-order valence-electron chi connectivity index (χ3n) is 0.408. The van der Waals surface area contributed by atoms with Crippen LogP contribution in [0.25, 0.3) is 0 Å². The van der Waals surface area contributed by atoms with Crippen LogP contribution in [0.4, 0.5) is 0 Å². The lowest BCUT2D eigenvalue weighted by Crippen LogP contribution is -2.06. The molecule has 4 N–H and O–H groups in total. The van der Waals surface area contributed by atoms with Crippen LogP contribution in [0.5, 0.6) is 0 Å². The normalized spacial score (nSPS) is 6.86. The first-order valence-corrected chi connectivity index (χ1v) is 2.82. The van der Waals surface area contributed by atoms with Crippen LogP contribution in [-0.4, -0.2) is 13.1 Å². The Morgan fingerprint density at radius 2 is 1.43 bits per heavy atom.